The van der Waals surface area contributed by atoms with Crippen molar-refractivity contribution < 1.29 is 24.0 Å². The molecular weight excluding hydrogens is 352 g/mol. The monoisotopic (exact) mass is 372 g/mol. The lowest BCUT2D eigenvalue weighted by Gasteiger charge is -2.14. The number of rotatable bonds is 7. The lowest BCUT2D eigenvalue weighted by molar-refractivity contribution is -0.384. The third kappa shape index (κ3) is 5.81. The normalized spacial score (nSPS) is 11.4. The first kappa shape index (κ1) is 19.9. The molecule has 8 heteroatoms. The molecule has 2 aromatic rings. The highest BCUT2D eigenvalue weighted by molar-refractivity contribution is 5.95. The molecule has 0 aliphatic rings. The zero-order valence-corrected chi connectivity index (χ0v) is 15.2. The average molecular weight is 372 g/mol. The van der Waals surface area contributed by atoms with Crippen molar-refractivity contribution in [2.24, 2.45) is 0 Å². The van der Waals surface area contributed by atoms with Crippen molar-refractivity contribution in [3.63, 3.8) is 0 Å². The van der Waals surface area contributed by atoms with Gasteiger partial charge in [0, 0.05) is 6.07 Å². The van der Waals surface area contributed by atoms with E-state index in [1.807, 2.05) is 19.1 Å². The van der Waals surface area contributed by atoms with Gasteiger partial charge in [-0.25, -0.2) is 4.79 Å². The van der Waals surface area contributed by atoms with Crippen molar-refractivity contribution in [2.75, 3.05) is 11.9 Å². The van der Waals surface area contributed by atoms with Crippen LogP contribution in [-0.4, -0.2) is 29.5 Å². The van der Waals surface area contributed by atoms with Crippen LogP contribution in [0.5, 0.6) is 5.75 Å². The van der Waals surface area contributed by atoms with E-state index in [1.54, 1.807) is 25.1 Å². The van der Waals surface area contributed by atoms with Crippen LogP contribution in [0.15, 0.2) is 42.5 Å². The van der Waals surface area contributed by atoms with E-state index < -0.39 is 29.5 Å². The van der Waals surface area contributed by atoms with Crippen molar-refractivity contribution in [3.8, 4) is 5.75 Å². The zero-order valence-electron chi connectivity index (χ0n) is 15.2. The Bertz CT molecular complexity index is 848. The molecule has 27 heavy (non-hydrogen) atoms. The third-order valence-electron chi connectivity index (χ3n) is 3.64. The molecule has 2 rings (SSSR count). The van der Waals surface area contributed by atoms with Gasteiger partial charge < -0.3 is 14.8 Å². The largest absolute Gasteiger partial charge is 0.479 e. The van der Waals surface area contributed by atoms with Gasteiger partial charge in [0.05, 0.1) is 4.92 Å². The van der Waals surface area contributed by atoms with Crippen LogP contribution < -0.4 is 10.1 Å². The van der Waals surface area contributed by atoms with Crippen LogP contribution in [0.25, 0.3) is 0 Å². The first-order valence-corrected chi connectivity index (χ1v) is 8.21. The van der Waals surface area contributed by atoms with Crippen LogP contribution in [0.3, 0.4) is 0 Å². The number of hydrogen-bond acceptors (Lipinski definition) is 6. The molecule has 0 fully saturated rings. The van der Waals surface area contributed by atoms with Crippen LogP contribution in [0.1, 0.15) is 18.1 Å². The highest BCUT2D eigenvalue weighted by Gasteiger charge is 2.20. The number of esters is 1. The van der Waals surface area contributed by atoms with E-state index >= 15 is 0 Å². The Morgan fingerprint density at radius 1 is 1.11 bits per heavy atom. The second-order valence-corrected chi connectivity index (χ2v) is 6.01. The molecule has 8 nitrogen and oxygen atoms in total. The Morgan fingerprint density at radius 3 is 2.37 bits per heavy atom. The summed E-state index contributed by atoms with van der Waals surface area (Å²) in [5, 5.41) is 13.4. The maximum Gasteiger partial charge on any atom is 0.347 e. The highest BCUT2D eigenvalue weighted by Crippen LogP contribution is 2.25. The Morgan fingerprint density at radius 2 is 1.74 bits per heavy atom. The first-order valence-electron chi connectivity index (χ1n) is 8.21. The second kappa shape index (κ2) is 8.79. The topological polar surface area (TPSA) is 108 Å². The summed E-state index contributed by atoms with van der Waals surface area (Å²) in [4.78, 5) is 34.4. The maximum absolute atomic E-state index is 12.0. The molecule has 1 amide bonds. The van der Waals surface area contributed by atoms with Crippen molar-refractivity contribution in [1.29, 1.82) is 0 Å². The van der Waals surface area contributed by atoms with E-state index in [9.17, 15) is 19.7 Å². The number of carbonyl (C=O) groups is 2. The van der Waals surface area contributed by atoms with Crippen molar-refractivity contribution >= 4 is 23.3 Å². The molecule has 0 aliphatic carbocycles. The smallest absolute Gasteiger partial charge is 0.347 e. The lowest BCUT2D eigenvalue weighted by atomic mass is 10.2. The van der Waals surface area contributed by atoms with Crippen LogP contribution in [-0.2, 0) is 14.3 Å². The molecule has 0 radical (unpaired) electrons. The van der Waals surface area contributed by atoms with E-state index in [0.29, 0.717) is 11.3 Å². The number of nitro benzene ring substituents is 1. The molecule has 0 heterocycles. The van der Waals surface area contributed by atoms with Gasteiger partial charge in [-0.05, 0) is 44.5 Å². The number of carbonyl (C=O) groups excluding carboxylic acids is 2. The molecule has 2 aromatic carbocycles. The summed E-state index contributed by atoms with van der Waals surface area (Å²) < 4.78 is 10.4. The van der Waals surface area contributed by atoms with E-state index in [0.717, 1.165) is 5.56 Å². The molecule has 0 bridgehead atoms. The summed E-state index contributed by atoms with van der Waals surface area (Å²) in [7, 11) is 0. The van der Waals surface area contributed by atoms with Crippen molar-refractivity contribution in [1.82, 2.24) is 0 Å². The summed E-state index contributed by atoms with van der Waals surface area (Å²) in [5.74, 6) is -0.897. The lowest BCUT2D eigenvalue weighted by Crippen LogP contribution is -2.29. The summed E-state index contributed by atoms with van der Waals surface area (Å²) in [5.41, 5.74) is 1.55. The third-order valence-corrected chi connectivity index (χ3v) is 3.64. The Labute approximate surface area is 156 Å². The van der Waals surface area contributed by atoms with Crippen LogP contribution in [0.4, 0.5) is 11.4 Å². The number of amides is 1. The minimum Gasteiger partial charge on any atom is -0.479 e. The fraction of sp³-hybridized carbons (Fsp3) is 0.263. The van der Waals surface area contributed by atoms with Gasteiger partial charge in [0.2, 0.25) is 0 Å². The molecule has 142 valence electrons. The minimum absolute atomic E-state index is 0.0376. The highest BCUT2D eigenvalue weighted by atomic mass is 16.6. The quantitative estimate of drug-likeness (QED) is 0.454. The first-order chi connectivity index (χ1) is 12.8. The number of nitrogens with zero attached hydrogens (tertiary/aromatic N) is 1. The number of anilines is 1. The maximum atomic E-state index is 12.0. The Kier molecular flexibility index (Phi) is 6.48. The summed E-state index contributed by atoms with van der Waals surface area (Å²) in [6, 6.07) is 11.5. The summed E-state index contributed by atoms with van der Waals surface area (Å²) in [6.07, 6.45) is -0.908. The van der Waals surface area contributed by atoms with Gasteiger partial charge in [-0.2, -0.15) is 0 Å². The Hall–Kier alpha value is -3.42. The van der Waals surface area contributed by atoms with Gasteiger partial charge in [-0.3, -0.25) is 14.9 Å². The van der Waals surface area contributed by atoms with Gasteiger partial charge in [-0.15, -0.1) is 0 Å². The molecule has 1 atom stereocenters. The molecule has 0 saturated heterocycles. The molecule has 0 spiro atoms. The zero-order chi connectivity index (χ0) is 20.0. The summed E-state index contributed by atoms with van der Waals surface area (Å²) >= 11 is 0. The number of aryl methyl sites for hydroxylation is 2. The number of ether oxygens (including phenoxy) is 2. The minimum atomic E-state index is -0.908. The fourth-order valence-corrected chi connectivity index (χ4v) is 2.21. The molecular formula is C19H20N2O6. The fourth-order valence-electron chi connectivity index (χ4n) is 2.21. The van der Waals surface area contributed by atoms with Gasteiger partial charge in [-0.1, -0.05) is 23.8 Å². The molecule has 0 aliphatic heterocycles. The predicted octanol–water partition coefficient (Wildman–Crippen LogP) is 3.16. The Balaban J connectivity index is 1.88. The van der Waals surface area contributed by atoms with Crippen LogP contribution in [0, 0.1) is 24.0 Å². The van der Waals surface area contributed by atoms with Gasteiger partial charge >= 0.3 is 5.97 Å². The van der Waals surface area contributed by atoms with Gasteiger partial charge in [0.15, 0.2) is 12.7 Å². The van der Waals surface area contributed by atoms with E-state index in [2.05, 4.69) is 5.32 Å². The molecule has 1 N–H and O–H groups in total. The summed E-state index contributed by atoms with van der Waals surface area (Å²) in [6.45, 7) is 4.56. The van der Waals surface area contributed by atoms with Crippen molar-refractivity contribution in [2.45, 2.75) is 26.9 Å². The van der Waals surface area contributed by atoms with Crippen LogP contribution >= 0.6 is 0 Å². The second-order valence-electron chi connectivity index (χ2n) is 6.01. The predicted molar refractivity (Wildman–Crippen MR) is 98.7 cm³/mol. The van der Waals surface area contributed by atoms with Gasteiger partial charge in [0.1, 0.15) is 11.4 Å². The standard InChI is InChI=1S/C19H20N2O6/c1-12-4-7-15(8-5-12)27-14(3)19(23)26-11-18(22)20-16-9-6-13(2)10-17(16)21(24)25/h4-10,14H,11H2,1-3H3,(H,20,22). The number of nitro groups is 1. The van der Waals surface area contributed by atoms with E-state index in [1.165, 1.54) is 19.1 Å². The van der Waals surface area contributed by atoms with E-state index in [-0.39, 0.29) is 11.4 Å². The molecule has 0 saturated carbocycles. The van der Waals surface area contributed by atoms with Crippen LogP contribution in [0.2, 0.25) is 0 Å². The number of hydrogen-bond donors (Lipinski definition) is 1. The molecule has 1 unspecified atom stereocenters. The number of benzene rings is 2. The van der Waals surface area contributed by atoms with E-state index in [4.69, 9.17) is 9.47 Å². The molecule has 0 aromatic heterocycles. The number of nitrogens with one attached hydrogen (secondary N) is 1. The van der Waals surface area contributed by atoms with Gasteiger partial charge in [0.25, 0.3) is 11.6 Å². The SMILES string of the molecule is Cc1ccc(OC(C)C(=O)OCC(=O)Nc2ccc(C)cc2[N+](=O)[O-])cc1. The van der Waals surface area contributed by atoms with Crippen molar-refractivity contribution in [3.05, 3.63) is 63.7 Å². The average Bonchev–Trinajstić information content (AvgIpc) is 2.62.